The predicted molar refractivity (Wildman–Crippen MR) is 89.6 cm³/mol. The lowest BCUT2D eigenvalue weighted by Gasteiger charge is -2.13. The van der Waals surface area contributed by atoms with Gasteiger partial charge >= 0.3 is 0 Å². The molecule has 0 aliphatic carbocycles. The van der Waals surface area contributed by atoms with Gasteiger partial charge in [-0.2, -0.15) is 0 Å². The highest BCUT2D eigenvalue weighted by atomic mass is 19.1. The van der Waals surface area contributed by atoms with Crippen molar-refractivity contribution in [1.29, 1.82) is 0 Å². The molecule has 1 aliphatic heterocycles. The molecule has 3 rings (SSSR count). The number of ketones is 1. The fourth-order valence-corrected chi connectivity index (χ4v) is 2.88. The minimum Gasteiger partial charge on any atom is -0.350 e. The van der Waals surface area contributed by atoms with Crippen LogP contribution < -0.4 is 10.6 Å². The van der Waals surface area contributed by atoms with Crippen molar-refractivity contribution in [2.45, 2.75) is 18.9 Å². The molecule has 24 heavy (non-hydrogen) atoms. The van der Waals surface area contributed by atoms with E-state index in [0.29, 0.717) is 23.2 Å². The SMILES string of the molecule is O=C(NCC1CCCN1)c1ccccc1C(=O)c1ccc(F)cc1. The normalized spacial score (nSPS) is 16.8. The lowest BCUT2D eigenvalue weighted by Crippen LogP contribution is -2.37. The van der Waals surface area contributed by atoms with Crippen LogP contribution in [-0.2, 0) is 0 Å². The van der Waals surface area contributed by atoms with Crippen LogP contribution in [0.25, 0.3) is 0 Å². The summed E-state index contributed by atoms with van der Waals surface area (Å²) in [6.45, 7) is 1.51. The maximum atomic E-state index is 13.0. The molecule has 0 aromatic heterocycles. The molecule has 2 N–H and O–H groups in total. The first kappa shape index (κ1) is 16.3. The molecule has 0 spiro atoms. The first-order valence-corrected chi connectivity index (χ1v) is 8.06. The number of hydrogen-bond donors (Lipinski definition) is 2. The second kappa shape index (κ2) is 7.36. The van der Waals surface area contributed by atoms with Crippen LogP contribution in [0.2, 0.25) is 0 Å². The van der Waals surface area contributed by atoms with Crippen molar-refractivity contribution in [3.05, 3.63) is 71.0 Å². The summed E-state index contributed by atoms with van der Waals surface area (Å²) in [4.78, 5) is 25.1. The standard InChI is InChI=1S/C19H19FN2O2/c20-14-9-7-13(8-10-14)18(23)16-5-1-2-6-17(16)19(24)22-12-15-4-3-11-21-15/h1-2,5-10,15,21H,3-4,11-12H2,(H,22,24). The zero-order valence-electron chi connectivity index (χ0n) is 13.2. The van der Waals surface area contributed by atoms with E-state index in [9.17, 15) is 14.0 Å². The van der Waals surface area contributed by atoms with E-state index in [1.807, 2.05) is 0 Å². The second-order valence-electron chi connectivity index (χ2n) is 5.88. The largest absolute Gasteiger partial charge is 0.350 e. The van der Waals surface area contributed by atoms with Gasteiger partial charge in [-0.25, -0.2) is 4.39 Å². The molecule has 1 amide bonds. The lowest BCUT2D eigenvalue weighted by molar-refractivity contribution is 0.0939. The van der Waals surface area contributed by atoms with Gasteiger partial charge < -0.3 is 10.6 Å². The van der Waals surface area contributed by atoms with Gasteiger partial charge in [0.05, 0.1) is 5.56 Å². The van der Waals surface area contributed by atoms with Gasteiger partial charge in [-0.1, -0.05) is 18.2 Å². The fraction of sp³-hybridized carbons (Fsp3) is 0.263. The monoisotopic (exact) mass is 326 g/mol. The number of halogens is 1. The van der Waals surface area contributed by atoms with E-state index < -0.39 is 5.82 Å². The first-order chi connectivity index (χ1) is 11.6. The lowest BCUT2D eigenvalue weighted by atomic mass is 9.98. The third-order valence-electron chi connectivity index (χ3n) is 4.19. The Morgan fingerprint density at radius 3 is 2.46 bits per heavy atom. The van der Waals surface area contributed by atoms with Crippen LogP contribution in [0.1, 0.15) is 39.1 Å². The Kier molecular flexibility index (Phi) is 5.01. The summed E-state index contributed by atoms with van der Waals surface area (Å²) in [5.41, 5.74) is 1.01. The molecule has 0 bridgehead atoms. The summed E-state index contributed by atoms with van der Waals surface area (Å²) in [5, 5.41) is 6.20. The summed E-state index contributed by atoms with van der Waals surface area (Å²) >= 11 is 0. The Bertz CT molecular complexity index is 737. The highest BCUT2D eigenvalue weighted by Gasteiger charge is 2.20. The Labute approximate surface area is 140 Å². The van der Waals surface area contributed by atoms with Gasteiger partial charge in [0.25, 0.3) is 5.91 Å². The van der Waals surface area contributed by atoms with Crippen molar-refractivity contribution in [2.24, 2.45) is 0 Å². The highest BCUT2D eigenvalue weighted by Crippen LogP contribution is 2.15. The number of benzene rings is 2. The topological polar surface area (TPSA) is 58.2 Å². The molecular weight excluding hydrogens is 307 g/mol. The van der Waals surface area contributed by atoms with Gasteiger partial charge in [-0.15, -0.1) is 0 Å². The molecule has 4 nitrogen and oxygen atoms in total. The molecule has 2 aromatic carbocycles. The van der Waals surface area contributed by atoms with Crippen molar-refractivity contribution in [2.75, 3.05) is 13.1 Å². The quantitative estimate of drug-likeness (QED) is 0.830. The third-order valence-corrected chi connectivity index (χ3v) is 4.19. The molecular formula is C19H19FN2O2. The van der Waals surface area contributed by atoms with E-state index in [1.54, 1.807) is 24.3 Å². The van der Waals surface area contributed by atoms with E-state index in [1.165, 1.54) is 24.3 Å². The molecule has 1 aliphatic rings. The van der Waals surface area contributed by atoms with E-state index >= 15 is 0 Å². The molecule has 2 aromatic rings. The zero-order valence-corrected chi connectivity index (χ0v) is 13.2. The number of hydrogen-bond acceptors (Lipinski definition) is 3. The van der Waals surface area contributed by atoms with E-state index in [4.69, 9.17) is 0 Å². The van der Waals surface area contributed by atoms with Gasteiger partial charge in [0, 0.05) is 23.7 Å². The Hall–Kier alpha value is -2.53. The minimum atomic E-state index is -0.401. The van der Waals surface area contributed by atoms with Gasteiger partial charge in [-0.3, -0.25) is 9.59 Å². The fourth-order valence-electron chi connectivity index (χ4n) is 2.88. The average molecular weight is 326 g/mol. The molecule has 1 unspecified atom stereocenters. The molecule has 1 saturated heterocycles. The number of amides is 1. The maximum absolute atomic E-state index is 13.0. The van der Waals surface area contributed by atoms with Crippen LogP contribution in [0.5, 0.6) is 0 Å². The Morgan fingerprint density at radius 1 is 1.08 bits per heavy atom. The molecule has 5 heteroatoms. The Morgan fingerprint density at radius 2 is 1.79 bits per heavy atom. The van der Waals surface area contributed by atoms with E-state index in [-0.39, 0.29) is 17.7 Å². The highest BCUT2D eigenvalue weighted by molar-refractivity contribution is 6.15. The second-order valence-corrected chi connectivity index (χ2v) is 5.88. The smallest absolute Gasteiger partial charge is 0.252 e. The van der Waals surface area contributed by atoms with Crippen LogP contribution in [0.3, 0.4) is 0 Å². The first-order valence-electron chi connectivity index (χ1n) is 8.06. The number of carbonyl (C=O) groups is 2. The van der Waals surface area contributed by atoms with E-state index in [0.717, 1.165) is 19.4 Å². The summed E-state index contributed by atoms with van der Waals surface area (Å²) in [6.07, 6.45) is 2.15. The molecule has 124 valence electrons. The van der Waals surface area contributed by atoms with Crippen LogP contribution in [0.15, 0.2) is 48.5 Å². The van der Waals surface area contributed by atoms with Crippen LogP contribution >= 0.6 is 0 Å². The average Bonchev–Trinajstić information content (AvgIpc) is 3.13. The molecule has 0 radical (unpaired) electrons. The van der Waals surface area contributed by atoms with Gasteiger partial charge in [0.2, 0.25) is 0 Å². The third kappa shape index (κ3) is 3.68. The summed E-state index contributed by atoms with van der Waals surface area (Å²) in [5.74, 6) is -0.962. The summed E-state index contributed by atoms with van der Waals surface area (Å²) in [6, 6.07) is 12.3. The van der Waals surface area contributed by atoms with Crippen LogP contribution in [0, 0.1) is 5.82 Å². The van der Waals surface area contributed by atoms with Crippen molar-refractivity contribution in [3.8, 4) is 0 Å². The predicted octanol–water partition coefficient (Wildman–Crippen LogP) is 2.54. The Balaban J connectivity index is 1.77. The van der Waals surface area contributed by atoms with Crippen molar-refractivity contribution < 1.29 is 14.0 Å². The summed E-state index contributed by atoms with van der Waals surface area (Å²) < 4.78 is 13.0. The number of rotatable bonds is 5. The van der Waals surface area contributed by atoms with Crippen molar-refractivity contribution >= 4 is 11.7 Å². The minimum absolute atomic E-state index is 0.269. The molecule has 1 atom stereocenters. The molecule has 0 saturated carbocycles. The number of nitrogens with one attached hydrogen (secondary N) is 2. The van der Waals surface area contributed by atoms with E-state index in [2.05, 4.69) is 10.6 Å². The van der Waals surface area contributed by atoms with Gasteiger partial charge in [0.1, 0.15) is 5.82 Å². The maximum Gasteiger partial charge on any atom is 0.252 e. The van der Waals surface area contributed by atoms with Crippen molar-refractivity contribution in [1.82, 2.24) is 10.6 Å². The van der Waals surface area contributed by atoms with Crippen LogP contribution in [-0.4, -0.2) is 30.8 Å². The van der Waals surface area contributed by atoms with Crippen molar-refractivity contribution in [3.63, 3.8) is 0 Å². The molecule has 1 fully saturated rings. The van der Waals surface area contributed by atoms with Gasteiger partial charge in [-0.05, 0) is 49.7 Å². The molecule has 1 heterocycles. The number of carbonyl (C=O) groups excluding carboxylic acids is 2. The summed E-state index contributed by atoms with van der Waals surface area (Å²) in [7, 11) is 0. The van der Waals surface area contributed by atoms with Gasteiger partial charge in [0.15, 0.2) is 5.78 Å². The zero-order chi connectivity index (χ0) is 16.9. The van der Waals surface area contributed by atoms with Crippen LogP contribution in [0.4, 0.5) is 4.39 Å².